The van der Waals surface area contributed by atoms with Crippen LogP contribution >= 0.6 is 126 Å². The van der Waals surface area contributed by atoms with E-state index in [4.69, 9.17) is 0 Å². The predicted octanol–water partition coefficient (Wildman–Crippen LogP) is 14.1. The quantitative estimate of drug-likeness (QED) is 0.0621. The van der Waals surface area contributed by atoms with Crippen molar-refractivity contribution in [3.63, 3.8) is 0 Å². The standard InChI is InChI=1S/C80H58S11Si4/c1-9-27-59(28-10-1)92(73-43-25-51-81-73,60-29-11-2-12-30-60)75-67(45-53-83-75)89-69-47-55-85-77(69)94(63-35-17-5-18-36-63,64-37-19-6-20-38-64)79-71(49-57-87-79)91-72-50-58-88-80(72)95(65-39-21-7-22-40-65,66-41-23-8-24-42-66)78-70(48-56-86-78)90-68-46-54-84-76(68)93(74-44-26-52-82-74,61-31-13-3-14-32-61)62-33-15-4-16-34-62/h1-58H. The molecule has 0 spiro atoms. The lowest BCUT2D eigenvalue weighted by atomic mass is 10.4. The van der Waals surface area contributed by atoms with Gasteiger partial charge in [0.25, 0.3) is 0 Å². The first kappa shape index (κ1) is 63.0. The van der Waals surface area contributed by atoms with E-state index in [0.717, 1.165) is 0 Å². The molecule has 8 aromatic carbocycles. The highest BCUT2D eigenvalue weighted by atomic mass is 32.2. The fourth-order valence-corrected chi connectivity index (χ4v) is 57.6. The van der Waals surface area contributed by atoms with Crippen molar-refractivity contribution in [3.05, 3.63) is 346 Å². The molecule has 460 valence electrons. The first-order valence-electron chi connectivity index (χ1n) is 31.2. The van der Waals surface area contributed by atoms with Gasteiger partial charge in [0.15, 0.2) is 0 Å². The molecule has 0 saturated carbocycles. The molecular weight excluding hydrogens is 1430 g/mol. The Kier molecular flexibility index (Phi) is 18.6. The summed E-state index contributed by atoms with van der Waals surface area (Å²) in [6, 6.07) is 116. The molecule has 0 aliphatic carbocycles. The van der Waals surface area contributed by atoms with Crippen molar-refractivity contribution >= 4 is 236 Å². The molecule has 0 N–H and O–H groups in total. The van der Waals surface area contributed by atoms with Gasteiger partial charge in [-0.2, -0.15) is 90.7 Å². The van der Waals surface area contributed by atoms with E-state index in [9.17, 15) is 0 Å². The summed E-state index contributed by atoms with van der Waals surface area (Å²) in [5, 5.41) is 30.0. The Labute approximate surface area is 604 Å². The number of hydrogen-bond acceptors (Lipinski definition) is 11. The summed E-state index contributed by atoms with van der Waals surface area (Å²) >= 11 is 21.5. The zero-order valence-corrected chi connectivity index (χ0v) is 64.0. The third kappa shape index (κ3) is 11.1. The van der Waals surface area contributed by atoms with Crippen molar-refractivity contribution in [2.24, 2.45) is 0 Å². The monoisotopic (exact) mass is 1480 g/mol. The van der Waals surface area contributed by atoms with Gasteiger partial charge >= 0.3 is 0 Å². The molecule has 0 nitrogen and oxygen atoms in total. The second-order valence-corrected chi connectivity index (χ2v) is 51.1. The van der Waals surface area contributed by atoms with Crippen LogP contribution in [-0.4, -0.2) is 32.3 Å². The molecule has 0 aliphatic rings. The van der Waals surface area contributed by atoms with E-state index >= 15 is 0 Å². The number of rotatable bonds is 22. The summed E-state index contributed by atoms with van der Waals surface area (Å²) in [6.45, 7) is 0. The number of hydrogen-bond donors (Lipinski definition) is 0. The molecule has 0 amide bonds. The average Bonchev–Trinajstić information content (AvgIpc) is 1.71. The van der Waals surface area contributed by atoms with Crippen molar-refractivity contribution in [3.8, 4) is 0 Å². The third-order valence-corrected chi connectivity index (χ3v) is 56.2. The van der Waals surface area contributed by atoms with Crippen molar-refractivity contribution in [2.45, 2.75) is 29.4 Å². The van der Waals surface area contributed by atoms with Gasteiger partial charge in [-0.05, 0) is 121 Å². The minimum absolute atomic E-state index is 1.33. The fraction of sp³-hybridized carbons (Fsp3) is 0. The highest BCUT2D eigenvalue weighted by Crippen LogP contribution is 2.39. The molecule has 16 rings (SSSR count). The molecule has 0 fully saturated rings. The first-order chi connectivity index (χ1) is 47.1. The summed E-state index contributed by atoms with van der Waals surface area (Å²) < 4.78 is 11.7. The van der Waals surface area contributed by atoms with E-state index in [0.29, 0.717) is 0 Å². The Morgan fingerprint density at radius 2 is 0.337 bits per heavy atom. The van der Waals surface area contributed by atoms with Crippen LogP contribution in [0.5, 0.6) is 0 Å². The molecular formula is C80H58S11Si4. The molecule has 0 aliphatic heterocycles. The van der Waals surface area contributed by atoms with E-state index in [1.807, 2.05) is 126 Å². The van der Waals surface area contributed by atoms with Crippen molar-refractivity contribution in [1.82, 2.24) is 0 Å². The van der Waals surface area contributed by atoms with Gasteiger partial charge in [-0.15, -0.1) is 0 Å². The van der Waals surface area contributed by atoms with Crippen LogP contribution in [0.1, 0.15) is 0 Å². The molecule has 8 heterocycles. The highest BCUT2D eigenvalue weighted by molar-refractivity contribution is 8.01. The summed E-state index contributed by atoms with van der Waals surface area (Å²) in [4.78, 5) is 8.02. The maximum Gasteiger partial charge on any atom is 0.204 e. The van der Waals surface area contributed by atoms with Crippen LogP contribution in [-0.2, 0) is 0 Å². The van der Waals surface area contributed by atoms with Gasteiger partial charge in [0.2, 0.25) is 32.3 Å². The van der Waals surface area contributed by atoms with Gasteiger partial charge in [0, 0.05) is 65.4 Å². The molecule has 16 aromatic rings. The molecule has 0 saturated heterocycles. The Morgan fingerprint density at radius 1 is 0.158 bits per heavy atom. The normalized spacial score (nSPS) is 12.1. The SMILES string of the molecule is c1ccc([Si](c2ccccc2)(c2cccs2)c2sccc2Sc2ccsc2[Si](c2ccccc2)(c2ccccc2)c2sccc2Sc2ccsc2[Si](c2ccccc2)(c2ccccc2)c2sccc2Sc2ccsc2[Si](c2ccccc2)(c2ccccc2)c2cccs2)cc1. The maximum atomic E-state index is 2.46. The van der Waals surface area contributed by atoms with Gasteiger partial charge < -0.3 is 0 Å². The van der Waals surface area contributed by atoms with Crippen LogP contribution in [0.4, 0.5) is 0 Å². The summed E-state index contributed by atoms with van der Waals surface area (Å²) in [6.07, 6.45) is 0. The van der Waals surface area contributed by atoms with Crippen LogP contribution < -0.4 is 77.5 Å². The van der Waals surface area contributed by atoms with Gasteiger partial charge in [-0.3, -0.25) is 0 Å². The van der Waals surface area contributed by atoms with Gasteiger partial charge in [-0.1, -0.05) is 302 Å². The smallest absolute Gasteiger partial charge is 0.152 e. The highest BCUT2D eigenvalue weighted by Gasteiger charge is 2.52. The number of thiophene rings is 8. The van der Waals surface area contributed by atoms with E-state index < -0.39 is 32.3 Å². The zero-order valence-electron chi connectivity index (χ0n) is 51.0. The average molecular weight is 1480 g/mol. The van der Waals surface area contributed by atoms with Crippen molar-refractivity contribution in [1.29, 1.82) is 0 Å². The van der Waals surface area contributed by atoms with Crippen LogP contribution in [0, 0.1) is 0 Å². The maximum absolute atomic E-state index is 3.15. The Morgan fingerprint density at radius 3 is 0.516 bits per heavy atom. The Hall–Kier alpha value is -6.72. The van der Waals surface area contributed by atoms with E-state index in [1.54, 1.807) is 0 Å². The van der Waals surface area contributed by atoms with Crippen LogP contribution in [0.25, 0.3) is 0 Å². The summed E-state index contributed by atoms with van der Waals surface area (Å²) in [7, 11) is -11.9. The van der Waals surface area contributed by atoms with Crippen LogP contribution in [0.3, 0.4) is 0 Å². The first-order valence-corrected chi connectivity index (χ1v) is 48.7. The Bertz CT molecular complexity index is 4620. The third-order valence-electron chi connectivity index (χ3n) is 17.9. The molecule has 0 atom stereocenters. The van der Waals surface area contributed by atoms with Gasteiger partial charge in [0.1, 0.15) is 0 Å². The van der Waals surface area contributed by atoms with E-state index in [2.05, 4.69) is 346 Å². The minimum atomic E-state index is -3.15. The lowest BCUT2D eigenvalue weighted by Crippen LogP contribution is -2.74. The molecule has 0 bridgehead atoms. The zero-order chi connectivity index (χ0) is 63.5. The second-order valence-electron chi connectivity index (χ2n) is 22.9. The topological polar surface area (TPSA) is 0 Å². The largest absolute Gasteiger partial charge is 0.204 e. The molecule has 0 radical (unpaired) electrons. The van der Waals surface area contributed by atoms with Crippen LogP contribution in [0.2, 0.25) is 0 Å². The Balaban J connectivity index is 0.858. The van der Waals surface area contributed by atoms with Crippen molar-refractivity contribution in [2.75, 3.05) is 0 Å². The second kappa shape index (κ2) is 28.0. The van der Waals surface area contributed by atoms with Crippen LogP contribution in [0.15, 0.2) is 376 Å². The van der Waals surface area contributed by atoms with Gasteiger partial charge in [-0.25, -0.2) is 0 Å². The lowest BCUT2D eigenvalue weighted by Gasteiger charge is -2.35. The number of benzene rings is 8. The van der Waals surface area contributed by atoms with Gasteiger partial charge in [0.05, 0.1) is 0 Å². The molecule has 15 heteroatoms. The molecule has 8 aromatic heterocycles. The molecule has 0 unspecified atom stereocenters. The lowest BCUT2D eigenvalue weighted by molar-refractivity contribution is 1.53. The summed E-state index contributed by atoms with van der Waals surface area (Å²) in [5.41, 5.74) is 0. The van der Waals surface area contributed by atoms with E-state index in [1.165, 1.54) is 107 Å². The molecule has 95 heavy (non-hydrogen) atoms. The van der Waals surface area contributed by atoms with Crippen molar-refractivity contribution < 1.29 is 0 Å². The predicted molar refractivity (Wildman–Crippen MR) is 436 cm³/mol. The minimum Gasteiger partial charge on any atom is -0.152 e. The fourth-order valence-electron chi connectivity index (χ4n) is 14.0. The van der Waals surface area contributed by atoms with E-state index in [-0.39, 0.29) is 0 Å². The summed E-state index contributed by atoms with van der Waals surface area (Å²) in [5.74, 6) is 0.